The van der Waals surface area contributed by atoms with Gasteiger partial charge in [-0.05, 0) is 37.5 Å². The zero-order valence-corrected chi connectivity index (χ0v) is 12.8. The number of carbonyl (C=O) groups is 1. The van der Waals surface area contributed by atoms with E-state index < -0.39 is 0 Å². The summed E-state index contributed by atoms with van der Waals surface area (Å²) in [6, 6.07) is 8.23. The highest BCUT2D eigenvalue weighted by atomic mass is 16.5. The summed E-state index contributed by atoms with van der Waals surface area (Å²) in [5.74, 6) is 0.868. The highest BCUT2D eigenvalue weighted by Crippen LogP contribution is 2.13. The van der Waals surface area contributed by atoms with E-state index in [-0.39, 0.29) is 12.1 Å². The van der Waals surface area contributed by atoms with Gasteiger partial charge in [0.15, 0.2) is 0 Å². The topological polar surface area (TPSA) is 50.8 Å². The monoisotopic (exact) mass is 292 g/mol. The minimum absolute atomic E-state index is 0.0144. The van der Waals surface area contributed by atoms with E-state index in [1.165, 1.54) is 5.56 Å². The van der Waals surface area contributed by atoms with Crippen LogP contribution in [0.5, 0.6) is 5.75 Å². The second kappa shape index (κ2) is 7.88. The molecule has 1 aliphatic heterocycles. The Kier molecular flexibility index (Phi) is 5.87. The number of benzene rings is 1. The van der Waals surface area contributed by atoms with Crippen molar-refractivity contribution in [3.8, 4) is 5.75 Å². The van der Waals surface area contributed by atoms with Crippen molar-refractivity contribution in [1.82, 2.24) is 10.2 Å². The molecular formula is C16H24N2O3. The Morgan fingerprint density at radius 1 is 1.33 bits per heavy atom. The van der Waals surface area contributed by atoms with Crippen LogP contribution in [0.1, 0.15) is 18.9 Å². The summed E-state index contributed by atoms with van der Waals surface area (Å²) < 4.78 is 10.4. The number of nitrogens with zero attached hydrogens (tertiary/aromatic N) is 1. The molecule has 0 radical (unpaired) electrons. The van der Waals surface area contributed by atoms with Crippen LogP contribution in [0.3, 0.4) is 0 Å². The molecular weight excluding hydrogens is 268 g/mol. The highest BCUT2D eigenvalue weighted by molar-refractivity contribution is 5.74. The summed E-state index contributed by atoms with van der Waals surface area (Å²) in [5.41, 5.74) is 1.25. The number of nitrogens with one attached hydrogen (secondary N) is 1. The van der Waals surface area contributed by atoms with Gasteiger partial charge in [-0.3, -0.25) is 0 Å². The van der Waals surface area contributed by atoms with E-state index in [0.29, 0.717) is 26.3 Å². The first-order valence-electron chi connectivity index (χ1n) is 7.45. The Bertz CT molecular complexity index is 441. The van der Waals surface area contributed by atoms with Crippen molar-refractivity contribution in [1.29, 1.82) is 0 Å². The average Bonchev–Trinajstić information content (AvgIpc) is 2.54. The zero-order chi connectivity index (χ0) is 15.1. The second-order valence-corrected chi connectivity index (χ2v) is 5.34. The third-order valence-corrected chi connectivity index (χ3v) is 3.69. The van der Waals surface area contributed by atoms with E-state index in [0.717, 1.165) is 18.6 Å². The van der Waals surface area contributed by atoms with Gasteiger partial charge in [0.2, 0.25) is 0 Å². The first-order valence-corrected chi connectivity index (χ1v) is 7.45. The maximum atomic E-state index is 12.0. The molecule has 1 heterocycles. The highest BCUT2D eigenvalue weighted by Gasteiger charge is 2.18. The third kappa shape index (κ3) is 4.93. The molecule has 0 spiro atoms. The summed E-state index contributed by atoms with van der Waals surface area (Å²) in [6.45, 7) is 4.66. The molecule has 2 amide bonds. The number of rotatable bonds is 5. The van der Waals surface area contributed by atoms with Gasteiger partial charge in [0, 0.05) is 19.1 Å². The van der Waals surface area contributed by atoms with Gasteiger partial charge in [0.05, 0.1) is 20.3 Å². The van der Waals surface area contributed by atoms with Gasteiger partial charge < -0.3 is 19.7 Å². The van der Waals surface area contributed by atoms with Crippen molar-refractivity contribution in [2.24, 2.45) is 0 Å². The number of hydrogen-bond donors (Lipinski definition) is 1. The molecule has 21 heavy (non-hydrogen) atoms. The van der Waals surface area contributed by atoms with Gasteiger partial charge in [-0.15, -0.1) is 0 Å². The van der Waals surface area contributed by atoms with Gasteiger partial charge in [-0.25, -0.2) is 4.79 Å². The van der Waals surface area contributed by atoms with Crippen molar-refractivity contribution in [2.45, 2.75) is 25.8 Å². The van der Waals surface area contributed by atoms with Crippen LogP contribution < -0.4 is 10.1 Å². The maximum Gasteiger partial charge on any atom is 0.317 e. The standard InChI is InChI=1S/C16H24N2O3/c1-13(17-16(19)18-9-11-21-12-10-18)3-4-14-5-7-15(20-2)8-6-14/h5-8,13H,3-4,9-12H2,1-2H3,(H,17,19). The molecule has 1 fully saturated rings. The molecule has 1 unspecified atom stereocenters. The fourth-order valence-corrected chi connectivity index (χ4v) is 2.32. The maximum absolute atomic E-state index is 12.0. The lowest BCUT2D eigenvalue weighted by atomic mass is 10.1. The van der Waals surface area contributed by atoms with Crippen LogP contribution in [0.25, 0.3) is 0 Å². The van der Waals surface area contributed by atoms with Crippen LogP contribution in [0, 0.1) is 0 Å². The number of carbonyl (C=O) groups excluding carboxylic acids is 1. The summed E-state index contributed by atoms with van der Waals surface area (Å²) in [5, 5.41) is 3.05. The molecule has 1 saturated heterocycles. The van der Waals surface area contributed by atoms with Gasteiger partial charge in [-0.1, -0.05) is 12.1 Å². The lowest BCUT2D eigenvalue weighted by Gasteiger charge is -2.28. The first kappa shape index (κ1) is 15.6. The lowest BCUT2D eigenvalue weighted by Crippen LogP contribution is -2.48. The van der Waals surface area contributed by atoms with E-state index >= 15 is 0 Å². The quantitative estimate of drug-likeness (QED) is 0.903. The van der Waals surface area contributed by atoms with Crippen molar-refractivity contribution >= 4 is 6.03 Å². The first-order chi connectivity index (χ1) is 10.2. The Morgan fingerprint density at radius 2 is 2.00 bits per heavy atom. The van der Waals surface area contributed by atoms with Crippen LogP contribution in [0.4, 0.5) is 4.79 Å². The second-order valence-electron chi connectivity index (χ2n) is 5.34. The number of urea groups is 1. The fraction of sp³-hybridized carbons (Fsp3) is 0.562. The minimum atomic E-state index is 0.0144. The predicted molar refractivity (Wildman–Crippen MR) is 81.7 cm³/mol. The number of methoxy groups -OCH3 is 1. The molecule has 2 rings (SSSR count). The van der Waals surface area contributed by atoms with Crippen LogP contribution in [-0.4, -0.2) is 50.4 Å². The van der Waals surface area contributed by atoms with E-state index in [9.17, 15) is 4.79 Å². The molecule has 5 heteroatoms. The molecule has 0 bridgehead atoms. The van der Waals surface area contributed by atoms with Crippen LogP contribution in [0.2, 0.25) is 0 Å². The van der Waals surface area contributed by atoms with Crippen molar-refractivity contribution < 1.29 is 14.3 Å². The van der Waals surface area contributed by atoms with Crippen LogP contribution >= 0.6 is 0 Å². The largest absolute Gasteiger partial charge is 0.497 e. The summed E-state index contributed by atoms with van der Waals surface area (Å²) >= 11 is 0. The predicted octanol–water partition coefficient (Wildman–Crippen LogP) is 2.06. The minimum Gasteiger partial charge on any atom is -0.497 e. The van der Waals surface area contributed by atoms with E-state index in [1.807, 2.05) is 24.0 Å². The summed E-state index contributed by atoms with van der Waals surface area (Å²) in [7, 11) is 1.66. The number of morpholine rings is 1. The molecule has 1 atom stereocenters. The molecule has 0 aliphatic carbocycles. The smallest absolute Gasteiger partial charge is 0.317 e. The fourth-order valence-electron chi connectivity index (χ4n) is 2.32. The SMILES string of the molecule is COc1ccc(CCC(C)NC(=O)N2CCOCC2)cc1. The average molecular weight is 292 g/mol. The number of aryl methyl sites for hydroxylation is 1. The Labute approximate surface area is 126 Å². The van der Waals surface area contributed by atoms with Crippen molar-refractivity contribution in [3.63, 3.8) is 0 Å². The molecule has 1 N–H and O–H groups in total. The van der Waals surface area contributed by atoms with Gasteiger partial charge >= 0.3 is 6.03 Å². The Hall–Kier alpha value is -1.75. The van der Waals surface area contributed by atoms with Crippen molar-refractivity contribution in [3.05, 3.63) is 29.8 Å². The molecule has 1 aromatic rings. The number of ether oxygens (including phenoxy) is 2. The third-order valence-electron chi connectivity index (χ3n) is 3.69. The molecule has 0 saturated carbocycles. The molecule has 1 aliphatic rings. The van der Waals surface area contributed by atoms with Crippen LogP contribution in [-0.2, 0) is 11.2 Å². The summed E-state index contributed by atoms with van der Waals surface area (Å²) in [6.07, 6.45) is 1.86. The normalized spacial score (nSPS) is 16.4. The summed E-state index contributed by atoms with van der Waals surface area (Å²) in [4.78, 5) is 13.9. The molecule has 0 aromatic heterocycles. The van der Waals surface area contributed by atoms with E-state index in [1.54, 1.807) is 7.11 Å². The molecule has 5 nitrogen and oxygen atoms in total. The Balaban J connectivity index is 1.73. The lowest BCUT2D eigenvalue weighted by molar-refractivity contribution is 0.0526. The number of amides is 2. The van der Waals surface area contributed by atoms with Gasteiger partial charge in [0.25, 0.3) is 0 Å². The Morgan fingerprint density at radius 3 is 2.62 bits per heavy atom. The zero-order valence-electron chi connectivity index (χ0n) is 12.8. The van der Waals surface area contributed by atoms with Crippen LogP contribution in [0.15, 0.2) is 24.3 Å². The number of hydrogen-bond acceptors (Lipinski definition) is 3. The van der Waals surface area contributed by atoms with Crippen molar-refractivity contribution in [2.75, 3.05) is 33.4 Å². The van der Waals surface area contributed by atoms with Gasteiger partial charge in [0.1, 0.15) is 5.75 Å². The molecule has 1 aromatic carbocycles. The molecule has 116 valence electrons. The van der Waals surface area contributed by atoms with E-state index in [2.05, 4.69) is 17.4 Å². The van der Waals surface area contributed by atoms with E-state index in [4.69, 9.17) is 9.47 Å². The van der Waals surface area contributed by atoms with Gasteiger partial charge in [-0.2, -0.15) is 0 Å².